The fourth-order valence-electron chi connectivity index (χ4n) is 4.07. The van der Waals surface area contributed by atoms with E-state index in [9.17, 15) is 9.59 Å². The number of amides is 2. The van der Waals surface area contributed by atoms with Crippen LogP contribution in [0, 0.1) is 0 Å². The van der Waals surface area contributed by atoms with Crippen molar-refractivity contribution in [2.75, 3.05) is 19.6 Å². The molecule has 3 rings (SSSR count). The predicted octanol–water partition coefficient (Wildman–Crippen LogP) is 3.87. The van der Waals surface area contributed by atoms with Crippen LogP contribution in [0.15, 0.2) is 72.8 Å². The molecule has 2 aromatic rings. The lowest BCUT2D eigenvalue weighted by molar-refractivity contribution is -0.133. The molecule has 4 nitrogen and oxygen atoms in total. The zero-order chi connectivity index (χ0) is 20.5. The summed E-state index contributed by atoms with van der Waals surface area (Å²) < 4.78 is 0. The molecule has 0 aliphatic carbocycles. The number of allylic oxidation sites excluding steroid dienone is 1. The molecule has 1 aliphatic rings. The van der Waals surface area contributed by atoms with Crippen LogP contribution in [-0.4, -0.2) is 36.3 Å². The molecule has 2 amide bonds. The van der Waals surface area contributed by atoms with Crippen LogP contribution in [0.1, 0.15) is 37.3 Å². The number of carbonyl (C=O) groups excluding carboxylic acids is 2. The van der Waals surface area contributed by atoms with E-state index in [4.69, 9.17) is 0 Å². The van der Waals surface area contributed by atoms with Crippen molar-refractivity contribution in [1.29, 1.82) is 0 Å². The lowest BCUT2D eigenvalue weighted by atomic mass is 9.72. The average molecular weight is 391 g/mol. The third-order valence-electron chi connectivity index (χ3n) is 5.77. The number of rotatable bonds is 7. The highest BCUT2D eigenvalue weighted by molar-refractivity contribution is 5.90. The standard InChI is InChI=1S/C25H30N2O2/c1-2-10-23(28)27-19-16-25(17-20-27,22-14-7-4-8-15-22)24(29)26-18-9-13-21-11-5-3-6-12-21/h2-8,10-12,14-15H,9,13,16-20H2,1H3,(H,26,29). The van der Waals surface area contributed by atoms with Gasteiger partial charge in [0.25, 0.3) is 0 Å². The van der Waals surface area contributed by atoms with Gasteiger partial charge in [-0.25, -0.2) is 0 Å². The zero-order valence-corrected chi connectivity index (χ0v) is 17.1. The normalized spacial score (nSPS) is 16.0. The number of piperidine rings is 1. The van der Waals surface area contributed by atoms with Crippen molar-refractivity contribution in [3.63, 3.8) is 0 Å². The van der Waals surface area contributed by atoms with E-state index in [2.05, 4.69) is 17.4 Å². The van der Waals surface area contributed by atoms with Gasteiger partial charge in [0.1, 0.15) is 0 Å². The largest absolute Gasteiger partial charge is 0.355 e. The first-order chi connectivity index (χ1) is 14.2. The number of aryl methyl sites for hydroxylation is 1. The van der Waals surface area contributed by atoms with Crippen molar-refractivity contribution in [3.05, 3.63) is 83.9 Å². The number of nitrogens with one attached hydrogen (secondary N) is 1. The van der Waals surface area contributed by atoms with E-state index in [0.717, 1.165) is 18.4 Å². The van der Waals surface area contributed by atoms with Crippen molar-refractivity contribution in [2.24, 2.45) is 0 Å². The Morgan fingerprint density at radius 2 is 1.62 bits per heavy atom. The molecule has 4 heteroatoms. The van der Waals surface area contributed by atoms with Crippen LogP contribution in [0.4, 0.5) is 0 Å². The highest BCUT2D eigenvalue weighted by Gasteiger charge is 2.43. The molecule has 1 N–H and O–H groups in total. The highest BCUT2D eigenvalue weighted by atomic mass is 16.2. The molecule has 1 heterocycles. The molecule has 1 saturated heterocycles. The van der Waals surface area contributed by atoms with E-state index in [1.54, 1.807) is 12.2 Å². The second-order valence-corrected chi connectivity index (χ2v) is 7.62. The monoisotopic (exact) mass is 390 g/mol. The zero-order valence-electron chi connectivity index (χ0n) is 17.1. The number of benzene rings is 2. The van der Waals surface area contributed by atoms with Crippen LogP contribution in [-0.2, 0) is 21.4 Å². The van der Waals surface area contributed by atoms with Gasteiger partial charge in [0, 0.05) is 19.6 Å². The maximum absolute atomic E-state index is 13.3. The smallest absolute Gasteiger partial charge is 0.246 e. The topological polar surface area (TPSA) is 49.4 Å². The van der Waals surface area contributed by atoms with Crippen LogP contribution in [0.25, 0.3) is 0 Å². The van der Waals surface area contributed by atoms with Crippen molar-refractivity contribution >= 4 is 11.8 Å². The Balaban J connectivity index is 1.65. The van der Waals surface area contributed by atoms with E-state index in [0.29, 0.717) is 32.5 Å². The first kappa shape index (κ1) is 20.8. The summed E-state index contributed by atoms with van der Waals surface area (Å²) in [4.78, 5) is 27.3. The summed E-state index contributed by atoms with van der Waals surface area (Å²) in [6.45, 7) is 3.69. The van der Waals surface area contributed by atoms with Gasteiger partial charge in [-0.15, -0.1) is 0 Å². The minimum Gasteiger partial charge on any atom is -0.355 e. The Morgan fingerprint density at radius 3 is 2.24 bits per heavy atom. The summed E-state index contributed by atoms with van der Waals surface area (Å²) in [6.07, 6.45) is 6.51. The Bertz CT molecular complexity index is 822. The van der Waals surface area contributed by atoms with Crippen molar-refractivity contribution < 1.29 is 9.59 Å². The molecule has 0 atom stereocenters. The number of hydrogen-bond donors (Lipinski definition) is 1. The quantitative estimate of drug-likeness (QED) is 0.576. The molecular formula is C25H30N2O2. The number of carbonyl (C=O) groups is 2. The lowest BCUT2D eigenvalue weighted by Gasteiger charge is -2.40. The molecule has 1 aliphatic heterocycles. The molecule has 1 fully saturated rings. The third kappa shape index (κ3) is 5.14. The summed E-state index contributed by atoms with van der Waals surface area (Å²) in [7, 11) is 0. The maximum Gasteiger partial charge on any atom is 0.246 e. The van der Waals surface area contributed by atoms with Gasteiger partial charge in [-0.3, -0.25) is 9.59 Å². The van der Waals surface area contributed by atoms with E-state index >= 15 is 0 Å². The average Bonchev–Trinajstić information content (AvgIpc) is 2.78. The summed E-state index contributed by atoms with van der Waals surface area (Å²) >= 11 is 0. The van der Waals surface area contributed by atoms with Gasteiger partial charge < -0.3 is 10.2 Å². The van der Waals surface area contributed by atoms with E-state index in [1.807, 2.05) is 60.4 Å². The Labute approximate surface area is 173 Å². The maximum atomic E-state index is 13.3. The van der Waals surface area contributed by atoms with Gasteiger partial charge in [0.2, 0.25) is 11.8 Å². The van der Waals surface area contributed by atoms with Crippen LogP contribution in [0.3, 0.4) is 0 Å². The fraction of sp³-hybridized carbons (Fsp3) is 0.360. The number of nitrogens with zero attached hydrogens (tertiary/aromatic N) is 1. The Kier molecular flexibility index (Phi) is 7.23. The molecule has 152 valence electrons. The van der Waals surface area contributed by atoms with Crippen LogP contribution >= 0.6 is 0 Å². The van der Waals surface area contributed by atoms with E-state index < -0.39 is 5.41 Å². The van der Waals surface area contributed by atoms with Crippen LogP contribution in [0.5, 0.6) is 0 Å². The molecule has 0 bridgehead atoms. The van der Waals surface area contributed by atoms with Gasteiger partial charge >= 0.3 is 0 Å². The van der Waals surface area contributed by atoms with Gasteiger partial charge in [0.15, 0.2) is 0 Å². The molecule has 29 heavy (non-hydrogen) atoms. The Hall–Kier alpha value is -2.88. The van der Waals surface area contributed by atoms with Gasteiger partial charge in [-0.05, 0) is 49.8 Å². The molecular weight excluding hydrogens is 360 g/mol. The SMILES string of the molecule is CC=CC(=O)N1CCC(C(=O)NCCCc2ccccc2)(c2ccccc2)CC1. The minimum atomic E-state index is -0.569. The van der Waals surface area contributed by atoms with Crippen molar-refractivity contribution in [1.82, 2.24) is 10.2 Å². The van der Waals surface area contributed by atoms with E-state index in [-0.39, 0.29) is 11.8 Å². The third-order valence-corrected chi connectivity index (χ3v) is 5.77. The van der Waals surface area contributed by atoms with E-state index in [1.165, 1.54) is 5.56 Å². The molecule has 0 spiro atoms. The lowest BCUT2D eigenvalue weighted by Crippen LogP contribution is -2.52. The summed E-state index contributed by atoms with van der Waals surface area (Å²) in [5.74, 6) is 0.104. The number of likely N-dealkylation sites (tertiary alicyclic amines) is 1. The van der Waals surface area contributed by atoms with Gasteiger partial charge in [-0.2, -0.15) is 0 Å². The van der Waals surface area contributed by atoms with Crippen LogP contribution < -0.4 is 5.32 Å². The first-order valence-corrected chi connectivity index (χ1v) is 10.4. The van der Waals surface area contributed by atoms with Gasteiger partial charge in [0.05, 0.1) is 5.41 Å². The van der Waals surface area contributed by atoms with Crippen molar-refractivity contribution in [3.8, 4) is 0 Å². The minimum absolute atomic E-state index is 0.0254. The Morgan fingerprint density at radius 1 is 1.00 bits per heavy atom. The second-order valence-electron chi connectivity index (χ2n) is 7.62. The second kappa shape index (κ2) is 10.1. The predicted molar refractivity (Wildman–Crippen MR) is 117 cm³/mol. The van der Waals surface area contributed by atoms with Crippen LogP contribution in [0.2, 0.25) is 0 Å². The molecule has 0 aromatic heterocycles. The highest BCUT2D eigenvalue weighted by Crippen LogP contribution is 2.36. The molecule has 0 unspecified atom stereocenters. The fourth-order valence-corrected chi connectivity index (χ4v) is 4.07. The summed E-state index contributed by atoms with van der Waals surface area (Å²) in [5, 5.41) is 3.17. The van der Waals surface area contributed by atoms with Gasteiger partial charge in [-0.1, -0.05) is 66.7 Å². The number of hydrogen-bond acceptors (Lipinski definition) is 2. The van der Waals surface area contributed by atoms with Crippen molar-refractivity contribution in [2.45, 2.75) is 38.0 Å². The summed E-state index contributed by atoms with van der Waals surface area (Å²) in [5.41, 5.74) is 1.76. The summed E-state index contributed by atoms with van der Waals surface area (Å²) in [6, 6.07) is 20.3. The first-order valence-electron chi connectivity index (χ1n) is 10.4. The molecule has 2 aromatic carbocycles. The molecule has 0 saturated carbocycles. The molecule has 0 radical (unpaired) electrons.